The molecular weight excluding hydrogens is 220 g/mol. The molecule has 0 saturated carbocycles. The van der Waals surface area contributed by atoms with Gasteiger partial charge in [-0.3, -0.25) is 4.79 Å². The van der Waals surface area contributed by atoms with E-state index in [-0.39, 0.29) is 11.8 Å². The smallest absolute Gasteiger partial charge is 0.303 e. The molecule has 0 fully saturated rings. The summed E-state index contributed by atoms with van der Waals surface area (Å²) in [7, 11) is 0. The largest absolute Gasteiger partial charge is 0.481 e. The molecule has 0 aromatic carbocycles. The summed E-state index contributed by atoms with van der Waals surface area (Å²) in [6, 6.07) is 4.30. The molecule has 0 aliphatic carbocycles. The third-order valence-electron chi connectivity index (χ3n) is 2.64. The molecule has 1 rings (SSSR count). The number of carboxylic acids is 1. The first kappa shape index (κ1) is 13.2. The second-order valence-electron chi connectivity index (χ2n) is 5.29. The molecule has 2 nitrogen and oxygen atoms in total. The molecule has 1 aromatic heterocycles. The van der Waals surface area contributed by atoms with Crippen LogP contribution in [0.5, 0.6) is 0 Å². The molecule has 90 valence electrons. The first-order valence-corrected chi connectivity index (χ1v) is 6.44. The van der Waals surface area contributed by atoms with Crippen LogP contribution in [0, 0.1) is 0 Å². The van der Waals surface area contributed by atoms with Crippen molar-refractivity contribution in [2.75, 3.05) is 0 Å². The van der Waals surface area contributed by atoms with Gasteiger partial charge in [-0.2, -0.15) is 0 Å². The predicted molar refractivity (Wildman–Crippen MR) is 68.3 cm³/mol. The maximum absolute atomic E-state index is 10.5. The Bertz CT molecular complexity index is 360. The number of thiophene rings is 1. The molecule has 0 radical (unpaired) electrons. The van der Waals surface area contributed by atoms with Crippen molar-refractivity contribution in [2.45, 2.75) is 51.9 Å². The summed E-state index contributed by atoms with van der Waals surface area (Å²) in [5, 5.41) is 8.65. The van der Waals surface area contributed by atoms with Crippen molar-refractivity contribution in [1.82, 2.24) is 0 Å². The molecule has 1 aromatic rings. The van der Waals surface area contributed by atoms with Crippen molar-refractivity contribution in [3.05, 3.63) is 21.9 Å². The maximum atomic E-state index is 10.5. The average Bonchev–Trinajstić information content (AvgIpc) is 2.61. The molecule has 0 aliphatic rings. The predicted octanol–water partition coefficient (Wildman–Crippen LogP) is 4.01. The highest BCUT2D eigenvalue weighted by Crippen LogP contribution is 2.34. The van der Waals surface area contributed by atoms with E-state index in [4.69, 9.17) is 5.11 Å². The summed E-state index contributed by atoms with van der Waals surface area (Å²) in [5.74, 6) is -0.364. The number of carboxylic acid groups (broad SMARTS) is 1. The number of hydrogen-bond donors (Lipinski definition) is 1. The highest BCUT2D eigenvalue weighted by Gasteiger charge is 2.18. The second-order valence-corrected chi connectivity index (χ2v) is 6.40. The van der Waals surface area contributed by atoms with Crippen LogP contribution in [-0.4, -0.2) is 11.1 Å². The molecule has 1 atom stereocenters. The van der Waals surface area contributed by atoms with E-state index in [2.05, 4.69) is 39.8 Å². The van der Waals surface area contributed by atoms with Gasteiger partial charge in [0.1, 0.15) is 0 Å². The van der Waals surface area contributed by atoms with E-state index < -0.39 is 5.97 Å². The highest BCUT2D eigenvalue weighted by atomic mass is 32.1. The Morgan fingerprint density at radius 3 is 2.50 bits per heavy atom. The lowest BCUT2D eigenvalue weighted by Gasteiger charge is -2.15. The third kappa shape index (κ3) is 3.63. The summed E-state index contributed by atoms with van der Waals surface area (Å²) in [6.07, 6.45) is 0.976. The van der Waals surface area contributed by atoms with Crippen LogP contribution in [-0.2, 0) is 10.2 Å². The molecule has 0 aliphatic heterocycles. The lowest BCUT2D eigenvalue weighted by molar-refractivity contribution is -0.137. The Morgan fingerprint density at radius 1 is 1.44 bits per heavy atom. The molecule has 16 heavy (non-hydrogen) atoms. The normalized spacial score (nSPS) is 13.8. The zero-order valence-electron chi connectivity index (χ0n) is 10.4. The topological polar surface area (TPSA) is 37.3 Å². The van der Waals surface area contributed by atoms with Crippen molar-refractivity contribution < 1.29 is 9.90 Å². The van der Waals surface area contributed by atoms with E-state index in [9.17, 15) is 4.79 Å². The molecule has 0 bridgehead atoms. The quantitative estimate of drug-likeness (QED) is 0.863. The Kier molecular flexibility index (Phi) is 4.14. The molecule has 0 spiro atoms. The van der Waals surface area contributed by atoms with Gasteiger partial charge in [0.25, 0.3) is 0 Å². The van der Waals surface area contributed by atoms with Gasteiger partial charge in [0.15, 0.2) is 0 Å². The Labute approximate surface area is 101 Å². The van der Waals surface area contributed by atoms with Crippen LogP contribution in [0.25, 0.3) is 0 Å². The maximum Gasteiger partial charge on any atom is 0.303 e. The Balaban J connectivity index is 2.67. The lowest BCUT2D eigenvalue weighted by atomic mass is 9.95. The van der Waals surface area contributed by atoms with E-state index in [1.807, 2.05) is 0 Å². The van der Waals surface area contributed by atoms with Crippen LogP contribution in [0.4, 0.5) is 0 Å². The summed E-state index contributed by atoms with van der Waals surface area (Å²) in [5.41, 5.74) is 0.190. The van der Waals surface area contributed by atoms with Gasteiger partial charge in [-0.15, -0.1) is 11.3 Å². The fourth-order valence-corrected chi connectivity index (χ4v) is 2.65. The number of hydrogen-bond acceptors (Lipinski definition) is 2. The van der Waals surface area contributed by atoms with E-state index in [0.717, 1.165) is 6.42 Å². The minimum atomic E-state index is -0.709. The summed E-state index contributed by atoms with van der Waals surface area (Å²) in [6.45, 7) is 8.70. The fraction of sp³-hybridized carbons (Fsp3) is 0.615. The minimum absolute atomic E-state index is 0.190. The van der Waals surface area contributed by atoms with Crippen molar-refractivity contribution in [1.29, 1.82) is 0 Å². The Morgan fingerprint density at radius 2 is 2.06 bits per heavy atom. The minimum Gasteiger partial charge on any atom is -0.481 e. The number of aliphatic carboxylic acids is 1. The monoisotopic (exact) mass is 240 g/mol. The van der Waals surface area contributed by atoms with Crippen LogP contribution in [0.2, 0.25) is 0 Å². The molecule has 1 N–H and O–H groups in total. The van der Waals surface area contributed by atoms with Crippen LogP contribution in [0.3, 0.4) is 0 Å². The highest BCUT2D eigenvalue weighted by molar-refractivity contribution is 7.12. The second kappa shape index (κ2) is 5.00. The van der Waals surface area contributed by atoms with Gasteiger partial charge >= 0.3 is 5.97 Å². The zero-order valence-corrected chi connectivity index (χ0v) is 11.2. The summed E-state index contributed by atoms with van der Waals surface area (Å²) in [4.78, 5) is 13.2. The first-order chi connectivity index (χ1) is 7.30. The summed E-state index contributed by atoms with van der Waals surface area (Å²) < 4.78 is 0. The van der Waals surface area contributed by atoms with Crippen LogP contribution in [0.1, 0.15) is 56.2 Å². The molecule has 1 heterocycles. The zero-order chi connectivity index (χ0) is 12.3. The first-order valence-electron chi connectivity index (χ1n) is 5.62. The van der Waals surface area contributed by atoms with E-state index in [0.29, 0.717) is 5.92 Å². The van der Waals surface area contributed by atoms with Crippen LogP contribution in [0.15, 0.2) is 12.1 Å². The molecular formula is C13H20O2S. The number of carbonyl (C=O) groups is 1. The van der Waals surface area contributed by atoms with Crippen molar-refractivity contribution in [3.8, 4) is 0 Å². The van der Waals surface area contributed by atoms with Gasteiger partial charge in [0.2, 0.25) is 0 Å². The SMILES string of the molecule is CC(CCC(=O)O)c1ccc(C(C)(C)C)s1. The van der Waals surface area contributed by atoms with Gasteiger partial charge in [-0.05, 0) is 29.9 Å². The van der Waals surface area contributed by atoms with Crippen molar-refractivity contribution in [3.63, 3.8) is 0 Å². The summed E-state index contributed by atoms with van der Waals surface area (Å²) >= 11 is 1.81. The average molecular weight is 240 g/mol. The fourth-order valence-electron chi connectivity index (χ4n) is 1.50. The molecule has 0 amide bonds. The lowest BCUT2D eigenvalue weighted by Crippen LogP contribution is -2.07. The Hall–Kier alpha value is -0.830. The van der Waals surface area contributed by atoms with Gasteiger partial charge < -0.3 is 5.11 Å². The van der Waals surface area contributed by atoms with E-state index in [1.54, 1.807) is 11.3 Å². The van der Waals surface area contributed by atoms with Gasteiger partial charge in [0, 0.05) is 16.2 Å². The van der Waals surface area contributed by atoms with Crippen molar-refractivity contribution in [2.24, 2.45) is 0 Å². The molecule has 0 saturated heterocycles. The van der Waals surface area contributed by atoms with Gasteiger partial charge in [-0.25, -0.2) is 0 Å². The number of rotatable bonds is 4. The third-order valence-corrected chi connectivity index (χ3v) is 4.39. The molecule has 1 unspecified atom stereocenters. The van der Waals surface area contributed by atoms with Crippen LogP contribution < -0.4 is 0 Å². The van der Waals surface area contributed by atoms with E-state index in [1.165, 1.54) is 9.75 Å². The van der Waals surface area contributed by atoms with Gasteiger partial charge in [-0.1, -0.05) is 27.7 Å². The van der Waals surface area contributed by atoms with Crippen LogP contribution >= 0.6 is 11.3 Å². The standard InChI is InChI=1S/C13H20O2S/c1-9(5-8-12(14)15)10-6-7-11(16-10)13(2,3)4/h6-7,9H,5,8H2,1-4H3,(H,14,15). The van der Waals surface area contributed by atoms with Crippen molar-refractivity contribution >= 4 is 17.3 Å². The van der Waals surface area contributed by atoms with Gasteiger partial charge in [0.05, 0.1) is 0 Å². The van der Waals surface area contributed by atoms with E-state index >= 15 is 0 Å². The molecule has 3 heteroatoms.